The minimum atomic E-state index is -0.301. The number of carbonyl (C=O) groups excluding carboxylic acids is 2. The van der Waals surface area contributed by atoms with Crippen molar-refractivity contribution in [1.82, 2.24) is 9.88 Å². The third kappa shape index (κ3) is 4.06. The number of halogens is 1. The van der Waals surface area contributed by atoms with Gasteiger partial charge in [-0.05, 0) is 29.8 Å². The molecule has 1 rings (SSSR count). The lowest BCUT2D eigenvalue weighted by Gasteiger charge is -2.23. The first-order valence-electron chi connectivity index (χ1n) is 5.49. The Hall–Kier alpha value is -0.950. The van der Waals surface area contributed by atoms with Crippen LogP contribution in [0.3, 0.4) is 0 Å². The minimum absolute atomic E-state index is 0.183. The third-order valence-electron chi connectivity index (χ3n) is 2.41. The van der Waals surface area contributed by atoms with Gasteiger partial charge in [-0.1, -0.05) is 0 Å². The predicted molar refractivity (Wildman–Crippen MR) is 72.6 cm³/mol. The zero-order chi connectivity index (χ0) is 13.7. The van der Waals surface area contributed by atoms with Crippen LogP contribution in [0.15, 0.2) is 9.98 Å². The van der Waals surface area contributed by atoms with Crippen LogP contribution in [0.1, 0.15) is 30.1 Å². The van der Waals surface area contributed by atoms with Gasteiger partial charge in [0, 0.05) is 13.1 Å². The maximum Gasteiger partial charge on any atom is 0.307 e. The van der Waals surface area contributed by atoms with E-state index in [1.807, 2.05) is 0 Å². The van der Waals surface area contributed by atoms with E-state index in [1.165, 1.54) is 16.2 Å². The molecule has 0 aliphatic rings. The molecule has 1 aromatic heterocycles. The monoisotopic (exact) mass is 334 g/mol. The van der Waals surface area contributed by atoms with E-state index in [4.69, 9.17) is 4.74 Å². The molecule has 1 atom stereocenters. The lowest BCUT2D eigenvalue weighted by molar-refractivity contribution is -0.144. The van der Waals surface area contributed by atoms with Crippen molar-refractivity contribution in [3.63, 3.8) is 0 Å². The molecule has 0 aliphatic heterocycles. The predicted octanol–water partition coefficient (Wildman–Crippen LogP) is 2.32. The molecule has 100 valence electrons. The van der Waals surface area contributed by atoms with Crippen LogP contribution in [0.25, 0.3) is 0 Å². The van der Waals surface area contributed by atoms with Crippen LogP contribution in [0.4, 0.5) is 0 Å². The highest BCUT2D eigenvalue weighted by molar-refractivity contribution is 9.11. The van der Waals surface area contributed by atoms with E-state index in [2.05, 4.69) is 20.9 Å². The minimum Gasteiger partial charge on any atom is -0.466 e. The van der Waals surface area contributed by atoms with Crippen molar-refractivity contribution < 1.29 is 14.3 Å². The summed E-state index contributed by atoms with van der Waals surface area (Å²) < 4.78 is 5.66. The smallest absolute Gasteiger partial charge is 0.307 e. The number of thiazole rings is 1. The first kappa shape index (κ1) is 15.1. The standard InChI is InChI=1S/C11H15BrN2O3S/c1-4-17-9(15)5-7(2)14(3)11(16)10-13-6-8(12)18-10/h6-7H,4-5H2,1-3H3. The molecule has 0 saturated heterocycles. The topological polar surface area (TPSA) is 59.5 Å². The summed E-state index contributed by atoms with van der Waals surface area (Å²) in [7, 11) is 1.65. The van der Waals surface area contributed by atoms with Gasteiger partial charge in [-0.15, -0.1) is 11.3 Å². The first-order chi connectivity index (χ1) is 8.45. The van der Waals surface area contributed by atoms with Gasteiger partial charge in [-0.25, -0.2) is 4.98 Å². The van der Waals surface area contributed by atoms with Crippen LogP contribution < -0.4 is 0 Å². The zero-order valence-electron chi connectivity index (χ0n) is 10.5. The number of nitrogens with zero attached hydrogens (tertiary/aromatic N) is 2. The van der Waals surface area contributed by atoms with E-state index in [9.17, 15) is 9.59 Å². The molecule has 0 fully saturated rings. The Labute approximate surface area is 118 Å². The van der Waals surface area contributed by atoms with Gasteiger partial charge in [0.25, 0.3) is 5.91 Å². The van der Waals surface area contributed by atoms with Crippen molar-refractivity contribution in [2.45, 2.75) is 26.3 Å². The fraction of sp³-hybridized carbons (Fsp3) is 0.545. The lowest BCUT2D eigenvalue weighted by atomic mass is 10.2. The van der Waals surface area contributed by atoms with Crippen molar-refractivity contribution in [3.8, 4) is 0 Å². The molecule has 1 aromatic rings. The SMILES string of the molecule is CCOC(=O)CC(C)N(C)C(=O)c1ncc(Br)s1. The molecular formula is C11H15BrN2O3S. The molecular weight excluding hydrogens is 320 g/mol. The second kappa shape index (κ2) is 6.84. The Morgan fingerprint density at radius 3 is 2.78 bits per heavy atom. The molecule has 0 radical (unpaired) electrons. The summed E-state index contributed by atoms with van der Waals surface area (Å²) in [5.74, 6) is -0.493. The van der Waals surface area contributed by atoms with E-state index in [0.717, 1.165) is 3.79 Å². The summed E-state index contributed by atoms with van der Waals surface area (Å²) in [4.78, 5) is 28.9. The first-order valence-corrected chi connectivity index (χ1v) is 7.10. The summed E-state index contributed by atoms with van der Waals surface area (Å²) in [5, 5.41) is 0.403. The maximum absolute atomic E-state index is 12.0. The Morgan fingerprint density at radius 1 is 1.61 bits per heavy atom. The number of rotatable bonds is 5. The second-order valence-corrected chi connectivity index (χ2v) is 6.15. The van der Waals surface area contributed by atoms with E-state index in [1.54, 1.807) is 27.1 Å². The molecule has 1 unspecified atom stereocenters. The molecule has 1 amide bonds. The fourth-order valence-electron chi connectivity index (χ4n) is 1.30. The Balaban J connectivity index is 2.60. The molecule has 0 spiro atoms. The maximum atomic E-state index is 12.0. The van der Waals surface area contributed by atoms with Gasteiger partial charge in [0.1, 0.15) is 0 Å². The number of carbonyl (C=O) groups is 2. The van der Waals surface area contributed by atoms with Crippen molar-refractivity contribution in [2.24, 2.45) is 0 Å². The number of aromatic nitrogens is 1. The summed E-state index contributed by atoms with van der Waals surface area (Å²) in [6.45, 7) is 3.91. The zero-order valence-corrected chi connectivity index (χ0v) is 12.9. The highest BCUT2D eigenvalue weighted by Gasteiger charge is 2.22. The molecule has 0 saturated carbocycles. The number of hydrogen-bond acceptors (Lipinski definition) is 5. The molecule has 7 heteroatoms. The van der Waals surface area contributed by atoms with Crippen LogP contribution in [0.5, 0.6) is 0 Å². The van der Waals surface area contributed by atoms with Gasteiger partial charge >= 0.3 is 5.97 Å². The van der Waals surface area contributed by atoms with Crippen LogP contribution in [0.2, 0.25) is 0 Å². The Morgan fingerprint density at radius 2 is 2.28 bits per heavy atom. The number of esters is 1. The molecule has 0 N–H and O–H groups in total. The lowest BCUT2D eigenvalue weighted by Crippen LogP contribution is -2.36. The molecule has 18 heavy (non-hydrogen) atoms. The molecule has 5 nitrogen and oxygen atoms in total. The number of amides is 1. The molecule has 0 aromatic carbocycles. The average molecular weight is 335 g/mol. The average Bonchev–Trinajstić information content (AvgIpc) is 2.74. The second-order valence-electron chi connectivity index (χ2n) is 3.74. The fourth-order valence-corrected chi connectivity index (χ4v) is 2.49. The van der Waals surface area contributed by atoms with Crippen molar-refractivity contribution in [3.05, 3.63) is 15.0 Å². The highest BCUT2D eigenvalue weighted by Crippen LogP contribution is 2.21. The Bertz CT molecular complexity index is 436. The summed E-state index contributed by atoms with van der Waals surface area (Å²) in [6.07, 6.45) is 1.77. The van der Waals surface area contributed by atoms with Crippen LogP contribution in [-0.2, 0) is 9.53 Å². The van der Waals surface area contributed by atoms with Gasteiger partial charge < -0.3 is 9.64 Å². The molecule has 0 bridgehead atoms. The van der Waals surface area contributed by atoms with Crippen molar-refractivity contribution >= 4 is 39.1 Å². The van der Waals surface area contributed by atoms with E-state index >= 15 is 0 Å². The molecule has 1 heterocycles. The van der Waals surface area contributed by atoms with Gasteiger partial charge in [0.05, 0.1) is 23.0 Å². The van der Waals surface area contributed by atoms with Crippen molar-refractivity contribution in [2.75, 3.05) is 13.7 Å². The number of ether oxygens (including phenoxy) is 1. The molecule has 0 aliphatic carbocycles. The van der Waals surface area contributed by atoms with Crippen LogP contribution in [0, 0.1) is 0 Å². The van der Waals surface area contributed by atoms with Crippen LogP contribution in [-0.4, -0.2) is 41.5 Å². The number of hydrogen-bond donors (Lipinski definition) is 0. The summed E-state index contributed by atoms with van der Waals surface area (Å²) in [6, 6.07) is -0.223. The third-order valence-corrected chi connectivity index (χ3v) is 3.87. The summed E-state index contributed by atoms with van der Waals surface area (Å²) >= 11 is 4.53. The van der Waals surface area contributed by atoms with Gasteiger partial charge in [-0.3, -0.25) is 9.59 Å². The largest absolute Gasteiger partial charge is 0.466 e. The van der Waals surface area contributed by atoms with E-state index in [-0.39, 0.29) is 24.3 Å². The van der Waals surface area contributed by atoms with Gasteiger partial charge in [0.2, 0.25) is 0 Å². The summed E-state index contributed by atoms with van der Waals surface area (Å²) in [5.41, 5.74) is 0. The van der Waals surface area contributed by atoms with Gasteiger partial charge in [-0.2, -0.15) is 0 Å². The Kier molecular flexibility index (Phi) is 5.74. The van der Waals surface area contributed by atoms with E-state index < -0.39 is 0 Å². The van der Waals surface area contributed by atoms with E-state index in [0.29, 0.717) is 11.6 Å². The van der Waals surface area contributed by atoms with Gasteiger partial charge in [0.15, 0.2) is 5.01 Å². The quantitative estimate of drug-likeness (QED) is 0.775. The van der Waals surface area contributed by atoms with Crippen LogP contribution >= 0.6 is 27.3 Å². The highest BCUT2D eigenvalue weighted by atomic mass is 79.9. The normalized spacial score (nSPS) is 12.0. The van der Waals surface area contributed by atoms with Crippen molar-refractivity contribution in [1.29, 1.82) is 0 Å².